The topological polar surface area (TPSA) is 83.5 Å². The van der Waals surface area contributed by atoms with Gasteiger partial charge in [0, 0.05) is 12.2 Å². The molecule has 0 aliphatic heterocycles. The molecule has 1 atom stereocenters. The number of amides is 2. The number of carbonyl (C=O) groups is 1. The van der Waals surface area contributed by atoms with Gasteiger partial charge in [0.1, 0.15) is 5.75 Å². The first-order valence-corrected chi connectivity index (χ1v) is 8.61. The number of aliphatic hydroxyl groups excluding tert-OH is 1. The number of nitrogens with one attached hydrogen (secondary N) is 2. The van der Waals surface area contributed by atoms with Gasteiger partial charge in [-0.25, -0.2) is 9.78 Å². The molecule has 0 aliphatic rings. The molecule has 2 amide bonds. The molecule has 1 aromatic heterocycles. The van der Waals surface area contributed by atoms with Gasteiger partial charge in [-0.15, -0.1) is 11.3 Å². The average Bonchev–Trinajstić information content (AvgIpc) is 2.99. The van der Waals surface area contributed by atoms with Crippen LogP contribution in [-0.2, 0) is 0 Å². The highest BCUT2D eigenvalue weighted by Crippen LogP contribution is 2.24. The minimum absolute atomic E-state index is 0.111. The monoisotopic (exact) mass is 357 g/mol. The lowest BCUT2D eigenvalue weighted by Gasteiger charge is -2.13. The Labute approximate surface area is 149 Å². The highest BCUT2D eigenvalue weighted by Gasteiger charge is 2.10. The smallest absolute Gasteiger partial charge is 0.319 e. The third kappa shape index (κ3) is 4.26. The van der Waals surface area contributed by atoms with Crippen molar-refractivity contribution in [3.05, 3.63) is 53.0 Å². The van der Waals surface area contributed by atoms with Gasteiger partial charge in [0.25, 0.3) is 0 Å². The second kappa shape index (κ2) is 7.50. The predicted octanol–water partition coefficient (Wildman–Crippen LogP) is 3.47. The minimum atomic E-state index is -0.789. The van der Waals surface area contributed by atoms with E-state index in [0.29, 0.717) is 11.3 Å². The normalized spacial score (nSPS) is 12.0. The molecule has 3 rings (SSSR count). The Morgan fingerprint density at radius 2 is 2.04 bits per heavy atom. The Kier molecular flexibility index (Phi) is 5.16. The number of methoxy groups -OCH3 is 1. The predicted molar refractivity (Wildman–Crippen MR) is 99.3 cm³/mol. The second-order valence-corrected chi connectivity index (χ2v) is 6.77. The van der Waals surface area contributed by atoms with Crippen LogP contribution in [0.5, 0.6) is 5.75 Å². The molecule has 3 aromatic rings. The molecule has 0 saturated carbocycles. The van der Waals surface area contributed by atoms with Crippen LogP contribution >= 0.6 is 11.3 Å². The summed E-state index contributed by atoms with van der Waals surface area (Å²) in [5.74, 6) is 0.718. The molecule has 25 heavy (non-hydrogen) atoms. The summed E-state index contributed by atoms with van der Waals surface area (Å²) in [5, 5.41) is 16.6. The van der Waals surface area contributed by atoms with E-state index in [0.717, 1.165) is 21.0 Å². The Morgan fingerprint density at radius 3 is 2.76 bits per heavy atom. The van der Waals surface area contributed by atoms with E-state index in [1.807, 2.05) is 19.1 Å². The summed E-state index contributed by atoms with van der Waals surface area (Å²) in [6.07, 6.45) is -0.789. The SMILES string of the molecule is COc1ccc(C(O)CNC(=O)Nc2ccc3nc(C)sc3c2)cc1. The summed E-state index contributed by atoms with van der Waals surface area (Å²) in [6.45, 7) is 2.06. The fourth-order valence-corrected chi connectivity index (χ4v) is 3.29. The van der Waals surface area contributed by atoms with Gasteiger partial charge in [-0.05, 0) is 42.8 Å². The zero-order valence-electron chi connectivity index (χ0n) is 13.9. The zero-order chi connectivity index (χ0) is 17.8. The highest BCUT2D eigenvalue weighted by atomic mass is 32.1. The molecule has 2 aromatic carbocycles. The first-order chi connectivity index (χ1) is 12.0. The number of thiazole rings is 1. The van der Waals surface area contributed by atoms with Gasteiger partial charge in [0.05, 0.1) is 28.4 Å². The standard InChI is InChI=1S/C18H19N3O3S/c1-11-20-15-8-5-13(9-17(15)25-11)21-18(23)19-10-16(22)12-3-6-14(24-2)7-4-12/h3-9,16,22H,10H2,1-2H3,(H2,19,21,23). The molecular weight excluding hydrogens is 338 g/mol. The van der Waals surface area contributed by atoms with Gasteiger partial charge in [-0.2, -0.15) is 0 Å². The molecule has 0 aliphatic carbocycles. The van der Waals surface area contributed by atoms with Gasteiger partial charge in [-0.3, -0.25) is 0 Å². The molecule has 7 heteroatoms. The van der Waals surface area contributed by atoms with Crippen molar-refractivity contribution in [1.29, 1.82) is 0 Å². The van der Waals surface area contributed by atoms with E-state index in [2.05, 4.69) is 15.6 Å². The summed E-state index contributed by atoms with van der Waals surface area (Å²) in [5.41, 5.74) is 2.32. The first-order valence-electron chi connectivity index (χ1n) is 7.79. The molecule has 0 radical (unpaired) electrons. The van der Waals surface area contributed by atoms with Crippen molar-refractivity contribution in [2.24, 2.45) is 0 Å². The third-order valence-corrected chi connectivity index (χ3v) is 4.64. The van der Waals surface area contributed by atoms with Crippen LogP contribution < -0.4 is 15.4 Å². The number of fused-ring (bicyclic) bond motifs is 1. The number of anilines is 1. The molecular formula is C18H19N3O3S. The summed E-state index contributed by atoms with van der Waals surface area (Å²) in [6, 6.07) is 12.3. The number of aliphatic hydroxyl groups is 1. The van der Waals surface area contributed by atoms with Crippen molar-refractivity contribution in [3.8, 4) is 5.75 Å². The fraction of sp³-hybridized carbons (Fsp3) is 0.222. The lowest BCUT2D eigenvalue weighted by Crippen LogP contribution is -2.32. The van der Waals surface area contributed by atoms with Crippen LogP contribution in [0.1, 0.15) is 16.7 Å². The maximum atomic E-state index is 12.0. The minimum Gasteiger partial charge on any atom is -0.497 e. The summed E-state index contributed by atoms with van der Waals surface area (Å²) in [7, 11) is 1.59. The number of ether oxygens (including phenoxy) is 1. The number of benzene rings is 2. The van der Waals surface area contributed by atoms with Crippen LogP contribution in [0.15, 0.2) is 42.5 Å². The quantitative estimate of drug-likeness (QED) is 0.653. The second-order valence-electron chi connectivity index (χ2n) is 5.54. The van der Waals surface area contributed by atoms with Crippen molar-refractivity contribution < 1.29 is 14.6 Å². The van der Waals surface area contributed by atoms with Crippen LogP contribution in [0, 0.1) is 6.92 Å². The molecule has 0 fully saturated rings. The summed E-state index contributed by atoms with van der Waals surface area (Å²) < 4.78 is 6.10. The molecule has 1 heterocycles. The van der Waals surface area contributed by atoms with Crippen molar-refractivity contribution in [2.75, 3.05) is 19.0 Å². The number of aryl methyl sites for hydroxylation is 1. The molecule has 1 unspecified atom stereocenters. The van der Waals surface area contributed by atoms with E-state index >= 15 is 0 Å². The molecule has 0 spiro atoms. The number of hydrogen-bond acceptors (Lipinski definition) is 5. The Morgan fingerprint density at radius 1 is 1.28 bits per heavy atom. The van der Waals surface area contributed by atoms with Crippen molar-refractivity contribution in [3.63, 3.8) is 0 Å². The molecule has 0 saturated heterocycles. The Hall–Kier alpha value is -2.64. The van der Waals surface area contributed by atoms with Gasteiger partial charge >= 0.3 is 6.03 Å². The number of urea groups is 1. The van der Waals surface area contributed by atoms with E-state index in [9.17, 15) is 9.90 Å². The van der Waals surface area contributed by atoms with E-state index in [4.69, 9.17) is 4.74 Å². The zero-order valence-corrected chi connectivity index (χ0v) is 14.8. The van der Waals surface area contributed by atoms with Crippen molar-refractivity contribution in [1.82, 2.24) is 10.3 Å². The van der Waals surface area contributed by atoms with Crippen molar-refractivity contribution >= 4 is 33.3 Å². The maximum Gasteiger partial charge on any atom is 0.319 e. The first kappa shape index (κ1) is 17.2. The van der Waals surface area contributed by atoms with E-state index < -0.39 is 6.10 Å². The van der Waals surface area contributed by atoms with E-state index in [-0.39, 0.29) is 12.6 Å². The number of aromatic nitrogens is 1. The van der Waals surface area contributed by atoms with Crippen LogP contribution in [0.2, 0.25) is 0 Å². The van der Waals surface area contributed by atoms with Gasteiger partial charge < -0.3 is 20.5 Å². The number of nitrogens with zero attached hydrogens (tertiary/aromatic N) is 1. The van der Waals surface area contributed by atoms with Gasteiger partial charge in [0.15, 0.2) is 0 Å². The van der Waals surface area contributed by atoms with Crippen molar-refractivity contribution in [2.45, 2.75) is 13.0 Å². The van der Waals surface area contributed by atoms with Crippen LogP contribution in [0.3, 0.4) is 0 Å². The molecule has 130 valence electrons. The number of hydrogen-bond donors (Lipinski definition) is 3. The Balaban J connectivity index is 1.55. The van der Waals surface area contributed by atoms with Crippen LogP contribution in [0.25, 0.3) is 10.2 Å². The Bertz CT molecular complexity index is 877. The number of carbonyl (C=O) groups excluding carboxylic acids is 1. The molecule has 0 bridgehead atoms. The highest BCUT2D eigenvalue weighted by molar-refractivity contribution is 7.18. The lowest BCUT2D eigenvalue weighted by atomic mass is 10.1. The maximum absolute atomic E-state index is 12.0. The van der Waals surface area contributed by atoms with Crippen LogP contribution in [-0.4, -0.2) is 29.8 Å². The van der Waals surface area contributed by atoms with E-state index in [1.54, 1.807) is 48.8 Å². The van der Waals surface area contributed by atoms with Gasteiger partial charge in [-0.1, -0.05) is 12.1 Å². The summed E-state index contributed by atoms with van der Waals surface area (Å²) >= 11 is 1.58. The lowest BCUT2D eigenvalue weighted by molar-refractivity contribution is 0.175. The summed E-state index contributed by atoms with van der Waals surface area (Å²) in [4.78, 5) is 16.4. The fourth-order valence-electron chi connectivity index (χ4n) is 2.43. The van der Waals surface area contributed by atoms with E-state index in [1.165, 1.54) is 0 Å². The molecule has 6 nitrogen and oxygen atoms in total. The average molecular weight is 357 g/mol. The molecule has 3 N–H and O–H groups in total. The largest absolute Gasteiger partial charge is 0.497 e. The van der Waals surface area contributed by atoms with Crippen LogP contribution in [0.4, 0.5) is 10.5 Å². The van der Waals surface area contributed by atoms with Gasteiger partial charge in [0.2, 0.25) is 0 Å². The third-order valence-electron chi connectivity index (χ3n) is 3.71. The number of rotatable bonds is 5.